The molecule has 0 spiro atoms. The minimum Gasteiger partial charge on any atom is -0.432 e. The molecule has 0 heterocycles. The van der Waals surface area contributed by atoms with E-state index in [1.807, 2.05) is 31.2 Å². The molecule has 5 nitrogen and oxygen atoms in total. The Morgan fingerprint density at radius 2 is 1.62 bits per heavy atom. The van der Waals surface area contributed by atoms with Gasteiger partial charge in [-0.15, -0.1) is 0 Å². The lowest BCUT2D eigenvalue weighted by molar-refractivity contribution is -0.128. The van der Waals surface area contributed by atoms with E-state index in [0.717, 1.165) is 21.9 Å². The highest BCUT2D eigenvalue weighted by atomic mass is 16.7. The number of aryl methyl sites for hydroxylation is 1. The van der Waals surface area contributed by atoms with Crippen LogP contribution in [-0.2, 0) is 14.3 Å². The molecule has 0 aromatic heterocycles. The van der Waals surface area contributed by atoms with E-state index < -0.39 is 18.2 Å². The van der Waals surface area contributed by atoms with Gasteiger partial charge in [-0.1, -0.05) is 42.0 Å². The Hall–Kier alpha value is -3.44. The van der Waals surface area contributed by atoms with Crippen molar-refractivity contribution in [2.24, 2.45) is 0 Å². The van der Waals surface area contributed by atoms with Gasteiger partial charge >= 0.3 is 11.9 Å². The summed E-state index contributed by atoms with van der Waals surface area (Å²) in [5.41, 5.74) is 2.51. The van der Waals surface area contributed by atoms with Crippen LogP contribution in [-0.4, -0.2) is 25.3 Å². The van der Waals surface area contributed by atoms with Gasteiger partial charge in [0.25, 0.3) is 0 Å². The van der Waals surface area contributed by atoms with Crippen molar-refractivity contribution in [3.05, 3.63) is 83.4 Å². The van der Waals surface area contributed by atoms with Gasteiger partial charge in [0.15, 0.2) is 6.29 Å². The fourth-order valence-electron chi connectivity index (χ4n) is 2.67. The van der Waals surface area contributed by atoms with Crippen LogP contribution in [0.1, 0.15) is 28.4 Å². The number of carbonyl (C=O) groups excluding carboxylic acids is 2. The van der Waals surface area contributed by atoms with E-state index in [1.165, 1.54) is 13.2 Å². The van der Waals surface area contributed by atoms with Crippen LogP contribution in [0.15, 0.2) is 66.7 Å². The van der Waals surface area contributed by atoms with E-state index in [1.54, 1.807) is 49.4 Å². The Bertz CT molecular complexity index is 1050. The Kier molecular flexibility index (Phi) is 6.42. The average molecular weight is 390 g/mol. The number of benzene rings is 3. The number of hydrogen-bond acceptors (Lipinski definition) is 5. The summed E-state index contributed by atoms with van der Waals surface area (Å²) in [6, 6.07) is 18.2. The lowest BCUT2D eigenvalue weighted by atomic mass is 10.1. The average Bonchev–Trinajstić information content (AvgIpc) is 2.72. The van der Waals surface area contributed by atoms with Crippen LogP contribution < -0.4 is 4.74 Å². The zero-order valence-electron chi connectivity index (χ0n) is 16.5. The second-order valence-corrected chi connectivity index (χ2v) is 6.60. The van der Waals surface area contributed by atoms with Crippen molar-refractivity contribution in [2.45, 2.75) is 20.1 Å². The quantitative estimate of drug-likeness (QED) is 0.259. The van der Waals surface area contributed by atoms with Gasteiger partial charge in [-0.25, -0.2) is 9.59 Å². The number of methoxy groups -OCH3 is 1. The monoisotopic (exact) mass is 390 g/mol. The summed E-state index contributed by atoms with van der Waals surface area (Å²) in [4.78, 5) is 24.2. The Labute approximate surface area is 169 Å². The topological polar surface area (TPSA) is 61.8 Å². The van der Waals surface area contributed by atoms with Gasteiger partial charge < -0.3 is 14.2 Å². The second kappa shape index (κ2) is 9.17. The van der Waals surface area contributed by atoms with Crippen LogP contribution in [0.5, 0.6) is 5.75 Å². The molecule has 0 aliphatic rings. The number of esters is 2. The fourth-order valence-corrected chi connectivity index (χ4v) is 2.67. The molecular formula is C24H22O5. The van der Waals surface area contributed by atoms with Crippen LogP contribution >= 0.6 is 0 Å². The second-order valence-electron chi connectivity index (χ2n) is 6.60. The van der Waals surface area contributed by atoms with Crippen LogP contribution in [0.2, 0.25) is 0 Å². The van der Waals surface area contributed by atoms with Crippen molar-refractivity contribution in [2.75, 3.05) is 7.11 Å². The van der Waals surface area contributed by atoms with E-state index in [4.69, 9.17) is 14.2 Å². The molecule has 0 bridgehead atoms. The Morgan fingerprint density at radius 3 is 2.34 bits per heavy atom. The van der Waals surface area contributed by atoms with Crippen molar-refractivity contribution in [1.29, 1.82) is 0 Å². The molecule has 0 fully saturated rings. The minimum absolute atomic E-state index is 0.423. The van der Waals surface area contributed by atoms with Crippen molar-refractivity contribution in [3.63, 3.8) is 0 Å². The summed E-state index contributed by atoms with van der Waals surface area (Å²) in [6.07, 6.45) is 2.49. The summed E-state index contributed by atoms with van der Waals surface area (Å²) in [6.45, 7) is 3.65. The van der Waals surface area contributed by atoms with Crippen molar-refractivity contribution in [3.8, 4) is 5.75 Å². The number of carbonyl (C=O) groups is 2. The highest BCUT2D eigenvalue weighted by Gasteiger charge is 2.12. The predicted molar refractivity (Wildman–Crippen MR) is 112 cm³/mol. The maximum atomic E-state index is 12.1. The molecule has 148 valence electrons. The van der Waals surface area contributed by atoms with Gasteiger partial charge in [-0.05, 0) is 60.5 Å². The number of rotatable bonds is 6. The van der Waals surface area contributed by atoms with Gasteiger partial charge in [0.2, 0.25) is 0 Å². The largest absolute Gasteiger partial charge is 0.432 e. The molecule has 5 heteroatoms. The zero-order valence-corrected chi connectivity index (χ0v) is 16.5. The molecule has 29 heavy (non-hydrogen) atoms. The third-order valence-electron chi connectivity index (χ3n) is 4.36. The lowest BCUT2D eigenvalue weighted by Crippen LogP contribution is -2.16. The Morgan fingerprint density at radius 1 is 0.931 bits per heavy atom. The zero-order chi connectivity index (χ0) is 20.8. The highest BCUT2D eigenvalue weighted by molar-refractivity contribution is 5.96. The van der Waals surface area contributed by atoms with Gasteiger partial charge in [-0.3, -0.25) is 0 Å². The first-order valence-electron chi connectivity index (χ1n) is 9.19. The summed E-state index contributed by atoms with van der Waals surface area (Å²) in [5, 5.41) is 1.67. The normalized spacial score (nSPS) is 12.1. The molecule has 0 aliphatic carbocycles. The lowest BCUT2D eigenvalue weighted by Gasteiger charge is -2.11. The molecule has 0 amide bonds. The van der Waals surface area contributed by atoms with Crippen LogP contribution in [0.4, 0.5) is 0 Å². The standard InChI is InChI=1S/C24H22O5/c1-16-4-6-18(7-5-16)8-13-23(25)29-22-12-11-19-14-21(10-9-20(19)15-22)24(26)28-17(2)27-3/h4-15,17H,1-3H3/b13-8+. The highest BCUT2D eigenvalue weighted by Crippen LogP contribution is 2.23. The summed E-state index contributed by atoms with van der Waals surface area (Å²) in [7, 11) is 1.47. The maximum absolute atomic E-state index is 12.1. The third-order valence-corrected chi connectivity index (χ3v) is 4.36. The molecule has 1 atom stereocenters. The van der Waals surface area contributed by atoms with Crippen molar-refractivity contribution in [1.82, 2.24) is 0 Å². The first-order valence-corrected chi connectivity index (χ1v) is 9.19. The number of fused-ring (bicyclic) bond motifs is 1. The first-order chi connectivity index (χ1) is 13.9. The minimum atomic E-state index is -0.618. The molecule has 0 saturated carbocycles. The van der Waals surface area contributed by atoms with Gasteiger partial charge in [0, 0.05) is 13.2 Å². The molecule has 1 unspecified atom stereocenters. The van der Waals surface area contributed by atoms with Crippen LogP contribution in [0.25, 0.3) is 16.8 Å². The molecular weight excluding hydrogens is 368 g/mol. The van der Waals surface area contributed by atoms with E-state index in [0.29, 0.717) is 11.3 Å². The summed E-state index contributed by atoms with van der Waals surface area (Å²) in [5.74, 6) is -0.490. The smallest absolute Gasteiger partial charge is 0.340 e. The number of hydrogen-bond donors (Lipinski definition) is 0. The summed E-state index contributed by atoms with van der Waals surface area (Å²) < 4.78 is 15.5. The van der Waals surface area contributed by atoms with Crippen LogP contribution in [0, 0.1) is 6.92 Å². The predicted octanol–water partition coefficient (Wildman–Crippen LogP) is 4.92. The van der Waals surface area contributed by atoms with Gasteiger partial charge in [0.05, 0.1) is 5.56 Å². The van der Waals surface area contributed by atoms with Crippen molar-refractivity contribution < 1.29 is 23.8 Å². The molecule has 3 aromatic carbocycles. The summed E-state index contributed by atoms with van der Waals surface area (Å²) >= 11 is 0. The van der Waals surface area contributed by atoms with E-state index in [-0.39, 0.29) is 0 Å². The van der Waals surface area contributed by atoms with Gasteiger partial charge in [0.1, 0.15) is 5.75 Å². The van der Waals surface area contributed by atoms with E-state index >= 15 is 0 Å². The van der Waals surface area contributed by atoms with E-state index in [9.17, 15) is 9.59 Å². The fraction of sp³-hybridized carbons (Fsp3) is 0.167. The van der Waals surface area contributed by atoms with Gasteiger partial charge in [-0.2, -0.15) is 0 Å². The molecule has 0 saturated heterocycles. The molecule has 0 N–H and O–H groups in total. The molecule has 0 radical (unpaired) electrons. The molecule has 3 aromatic rings. The first kappa shape index (κ1) is 20.3. The Balaban J connectivity index is 1.69. The molecule has 3 rings (SSSR count). The van der Waals surface area contributed by atoms with Crippen LogP contribution in [0.3, 0.4) is 0 Å². The van der Waals surface area contributed by atoms with Crippen molar-refractivity contribution >= 4 is 28.8 Å². The maximum Gasteiger partial charge on any atom is 0.340 e. The number of ether oxygens (including phenoxy) is 3. The molecule has 0 aliphatic heterocycles. The SMILES string of the molecule is COC(C)OC(=O)c1ccc2cc(OC(=O)/C=C/c3ccc(C)cc3)ccc2c1. The van der Waals surface area contributed by atoms with E-state index in [2.05, 4.69) is 0 Å². The third kappa shape index (κ3) is 5.53.